The SMILES string of the molecule is CCC(C)NC(=O)Cc1c(C)[nH]c2ccccc12. The Labute approximate surface area is 108 Å². The number of amides is 1. The van der Waals surface area contributed by atoms with E-state index in [1.807, 2.05) is 32.0 Å². The van der Waals surface area contributed by atoms with E-state index >= 15 is 0 Å². The van der Waals surface area contributed by atoms with Gasteiger partial charge in [0.15, 0.2) is 0 Å². The lowest BCUT2D eigenvalue weighted by molar-refractivity contribution is -0.121. The molecule has 0 fully saturated rings. The Morgan fingerprint density at radius 3 is 2.83 bits per heavy atom. The molecule has 2 N–H and O–H groups in total. The number of hydrogen-bond donors (Lipinski definition) is 2. The van der Waals surface area contributed by atoms with Gasteiger partial charge in [-0.3, -0.25) is 4.79 Å². The Bertz CT molecular complexity index is 557. The minimum absolute atomic E-state index is 0.0946. The zero-order valence-corrected chi connectivity index (χ0v) is 11.2. The molecule has 0 saturated carbocycles. The minimum Gasteiger partial charge on any atom is -0.358 e. The molecule has 1 heterocycles. The first-order chi connectivity index (χ1) is 8.61. The van der Waals surface area contributed by atoms with E-state index in [9.17, 15) is 4.79 Å². The largest absolute Gasteiger partial charge is 0.358 e. The van der Waals surface area contributed by atoms with Crippen LogP contribution < -0.4 is 5.32 Å². The molecule has 96 valence electrons. The summed E-state index contributed by atoms with van der Waals surface area (Å²) in [5.74, 6) is 0.0946. The molecule has 0 spiro atoms. The van der Waals surface area contributed by atoms with E-state index in [0.29, 0.717) is 6.42 Å². The molecule has 1 aromatic heterocycles. The third-order valence-corrected chi connectivity index (χ3v) is 3.38. The van der Waals surface area contributed by atoms with Gasteiger partial charge in [0.05, 0.1) is 6.42 Å². The molecule has 3 nitrogen and oxygen atoms in total. The standard InChI is InChI=1S/C15H20N2O/c1-4-10(2)16-15(18)9-13-11(3)17-14-8-6-5-7-12(13)14/h5-8,10,17H,4,9H2,1-3H3,(H,16,18). The van der Waals surface area contributed by atoms with Crippen LogP contribution in [0.3, 0.4) is 0 Å². The third kappa shape index (κ3) is 2.55. The number of carbonyl (C=O) groups is 1. The summed E-state index contributed by atoms with van der Waals surface area (Å²) in [5, 5.41) is 4.15. The van der Waals surface area contributed by atoms with Crippen molar-refractivity contribution in [3.8, 4) is 0 Å². The number of nitrogens with one attached hydrogen (secondary N) is 2. The van der Waals surface area contributed by atoms with E-state index in [1.54, 1.807) is 0 Å². The Morgan fingerprint density at radius 2 is 2.11 bits per heavy atom. The maximum Gasteiger partial charge on any atom is 0.224 e. The lowest BCUT2D eigenvalue weighted by Crippen LogP contribution is -2.33. The first-order valence-electron chi connectivity index (χ1n) is 6.47. The lowest BCUT2D eigenvalue weighted by Gasteiger charge is -2.11. The van der Waals surface area contributed by atoms with Gasteiger partial charge in [-0.15, -0.1) is 0 Å². The zero-order chi connectivity index (χ0) is 13.1. The number of aryl methyl sites for hydroxylation is 1. The van der Waals surface area contributed by atoms with Crippen LogP contribution in [0.5, 0.6) is 0 Å². The lowest BCUT2D eigenvalue weighted by atomic mass is 10.1. The van der Waals surface area contributed by atoms with Gasteiger partial charge in [0, 0.05) is 22.6 Å². The first-order valence-corrected chi connectivity index (χ1v) is 6.47. The average Bonchev–Trinajstić information content (AvgIpc) is 2.66. The van der Waals surface area contributed by atoms with Gasteiger partial charge in [-0.1, -0.05) is 25.1 Å². The van der Waals surface area contributed by atoms with Crippen molar-refractivity contribution in [1.82, 2.24) is 10.3 Å². The number of fused-ring (bicyclic) bond motifs is 1. The van der Waals surface area contributed by atoms with Crippen molar-refractivity contribution in [2.45, 2.75) is 39.7 Å². The van der Waals surface area contributed by atoms with Gasteiger partial charge in [-0.05, 0) is 31.9 Å². The van der Waals surface area contributed by atoms with E-state index in [1.165, 1.54) is 0 Å². The van der Waals surface area contributed by atoms with Crippen molar-refractivity contribution in [1.29, 1.82) is 0 Å². The normalized spacial score (nSPS) is 12.6. The van der Waals surface area contributed by atoms with Crippen molar-refractivity contribution in [2.24, 2.45) is 0 Å². The molecule has 1 amide bonds. The third-order valence-electron chi connectivity index (χ3n) is 3.38. The molecule has 3 heteroatoms. The predicted molar refractivity (Wildman–Crippen MR) is 74.6 cm³/mol. The van der Waals surface area contributed by atoms with Gasteiger partial charge in [-0.25, -0.2) is 0 Å². The number of benzene rings is 1. The molecule has 18 heavy (non-hydrogen) atoms. The summed E-state index contributed by atoms with van der Waals surface area (Å²) >= 11 is 0. The summed E-state index contributed by atoms with van der Waals surface area (Å²) in [5.41, 5.74) is 3.28. The Morgan fingerprint density at radius 1 is 1.39 bits per heavy atom. The van der Waals surface area contributed by atoms with Crippen LogP contribution in [0.25, 0.3) is 10.9 Å². The Hall–Kier alpha value is -1.77. The summed E-state index contributed by atoms with van der Waals surface area (Å²) < 4.78 is 0. The van der Waals surface area contributed by atoms with Gasteiger partial charge >= 0.3 is 0 Å². The van der Waals surface area contributed by atoms with Crippen LogP contribution in [-0.4, -0.2) is 16.9 Å². The summed E-state index contributed by atoms with van der Waals surface area (Å²) in [6.07, 6.45) is 1.40. The molecule has 2 rings (SSSR count). The second-order valence-corrected chi connectivity index (χ2v) is 4.83. The van der Waals surface area contributed by atoms with E-state index < -0.39 is 0 Å². The first kappa shape index (κ1) is 12.7. The highest BCUT2D eigenvalue weighted by molar-refractivity contribution is 5.90. The van der Waals surface area contributed by atoms with Gasteiger partial charge in [0.1, 0.15) is 0 Å². The topological polar surface area (TPSA) is 44.9 Å². The maximum absolute atomic E-state index is 12.0. The summed E-state index contributed by atoms with van der Waals surface area (Å²) in [6.45, 7) is 6.12. The van der Waals surface area contributed by atoms with Crippen molar-refractivity contribution in [2.75, 3.05) is 0 Å². The smallest absolute Gasteiger partial charge is 0.224 e. The van der Waals surface area contributed by atoms with Crippen LogP contribution in [0.2, 0.25) is 0 Å². The molecule has 0 aliphatic rings. The van der Waals surface area contributed by atoms with Crippen molar-refractivity contribution >= 4 is 16.8 Å². The fraction of sp³-hybridized carbons (Fsp3) is 0.400. The van der Waals surface area contributed by atoms with E-state index in [0.717, 1.165) is 28.6 Å². The molecule has 0 aliphatic carbocycles. The molecule has 0 radical (unpaired) electrons. The zero-order valence-electron chi connectivity index (χ0n) is 11.2. The fourth-order valence-corrected chi connectivity index (χ4v) is 2.15. The number of rotatable bonds is 4. The van der Waals surface area contributed by atoms with E-state index in [4.69, 9.17) is 0 Å². The molecular weight excluding hydrogens is 224 g/mol. The second-order valence-electron chi connectivity index (χ2n) is 4.83. The van der Waals surface area contributed by atoms with Gasteiger partial charge in [0.25, 0.3) is 0 Å². The number of H-pyrrole nitrogens is 1. The monoisotopic (exact) mass is 244 g/mol. The molecule has 0 bridgehead atoms. The van der Waals surface area contributed by atoms with Gasteiger partial charge in [0.2, 0.25) is 5.91 Å². The molecule has 0 saturated heterocycles. The predicted octanol–water partition coefficient (Wildman–Crippen LogP) is 2.93. The molecule has 1 aromatic carbocycles. The fourth-order valence-electron chi connectivity index (χ4n) is 2.15. The number of aromatic amines is 1. The molecule has 2 aromatic rings. The van der Waals surface area contributed by atoms with E-state index in [2.05, 4.69) is 23.3 Å². The number of para-hydroxylation sites is 1. The van der Waals surface area contributed by atoms with E-state index in [-0.39, 0.29) is 11.9 Å². The molecular formula is C15H20N2O. The minimum atomic E-state index is 0.0946. The highest BCUT2D eigenvalue weighted by Crippen LogP contribution is 2.22. The van der Waals surface area contributed by atoms with Gasteiger partial charge < -0.3 is 10.3 Å². The average molecular weight is 244 g/mol. The summed E-state index contributed by atoms with van der Waals surface area (Å²) in [4.78, 5) is 15.3. The highest BCUT2D eigenvalue weighted by Gasteiger charge is 2.13. The Balaban J connectivity index is 2.21. The summed E-state index contributed by atoms with van der Waals surface area (Å²) in [7, 11) is 0. The Kier molecular flexibility index (Phi) is 3.70. The van der Waals surface area contributed by atoms with Crippen LogP contribution in [0.1, 0.15) is 31.5 Å². The van der Waals surface area contributed by atoms with Crippen LogP contribution in [-0.2, 0) is 11.2 Å². The molecule has 1 unspecified atom stereocenters. The van der Waals surface area contributed by atoms with Crippen molar-refractivity contribution < 1.29 is 4.79 Å². The van der Waals surface area contributed by atoms with Crippen LogP contribution >= 0.6 is 0 Å². The van der Waals surface area contributed by atoms with Crippen LogP contribution in [0.15, 0.2) is 24.3 Å². The van der Waals surface area contributed by atoms with Crippen molar-refractivity contribution in [3.63, 3.8) is 0 Å². The summed E-state index contributed by atoms with van der Waals surface area (Å²) in [6, 6.07) is 8.35. The maximum atomic E-state index is 12.0. The molecule has 0 aliphatic heterocycles. The van der Waals surface area contributed by atoms with Gasteiger partial charge in [-0.2, -0.15) is 0 Å². The van der Waals surface area contributed by atoms with Crippen LogP contribution in [0, 0.1) is 6.92 Å². The second kappa shape index (κ2) is 5.25. The molecule has 1 atom stereocenters. The van der Waals surface area contributed by atoms with Crippen LogP contribution in [0.4, 0.5) is 0 Å². The number of aromatic nitrogens is 1. The number of carbonyl (C=O) groups excluding carboxylic acids is 1. The number of hydrogen-bond acceptors (Lipinski definition) is 1. The van der Waals surface area contributed by atoms with Crippen molar-refractivity contribution in [3.05, 3.63) is 35.5 Å². The quantitative estimate of drug-likeness (QED) is 0.853. The highest BCUT2D eigenvalue weighted by atomic mass is 16.1.